The van der Waals surface area contributed by atoms with Crippen molar-refractivity contribution in [3.8, 4) is 0 Å². The largest absolute Gasteiger partial charge is 0.354 e. The molecule has 0 unspecified atom stereocenters. The molecule has 1 amide bonds. The van der Waals surface area contributed by atoms with Crippen molar-refractivity contribution in [2.24, 2.45) is 5.92 Å². The lowest BCUT2D eigenvalue weighted by Crippen LogP contribution is -2.49. The molecule has 0 radical (unpaired) electrons. The normalized spacial score (nSPS) is 14.1. The van der Waals surface area contributed by atoms with E-state index in [1.807, 2.05) is 74.5 Å². The minimum Gasteiger partial charge on any atom is -0.354 e. The first-order valence-electron chi connectivity index (χ1n) is 9.90. The zero-order valence-corrected chi connectivity index (χ0v) is 18.0. The molecular formula is C23H30N2O3S. The Morgan fingerprint density at radius 2 is 1.59 bits per heavy atom. The van der Waals surface area contributed by atoms with E-state index in [2.05, 4.69) is 17.0 Å². The zero-order valence-electron chi connectivity index (χ0n) is 17.2. The van der Waals surface area contributed by atoms with Crippen LogP contribution < -0.4 is 10.0 Å². The van der Waals surface area contributed by atoms with Crippen molar-refractivity contribution in [2.45, 2.75) is 39.2 Å². The second-order valence-electron chi connectivity index (χ2n) is 7.36. The monoisotopic (exact) mass is 414 g/mol. The van der Waals surface area contributed by atoms with Crippen LogP contribution in [0, 0.1) is 5.92 Å². The summed E-state index contributed by atoms with van der Waals surface area (Å²) in [5.74, 6) is -0.319. The summed E-state index contributed by atoms with van der Waals surface area (Å²) in [4.78, 5) is 12.7. The predicted octanol–water partition coefficient (Wildman–Crippen LogP) is 3.91. The molecule has 0 bridgehead atoms. The Kier molecular flexibility index (Phi) is 8.61. The van der Waals surface area contributed by atoms with E-state index in [0.29, 0.717) is 6.54 Å². The van der Waals surface area contributed by atoms with Crippen LogP contribution in [0.3, 0.4) is 0 Å². The van der Waals surface area contributed by atoms with E-state index in [0.717, 1.165) is 23.0 Å². The van der Waals surface area contributed by atoms with Crippen LogP contribution in [0.4, 0.5) is 0 Å². The molecule has 0 aliphatic rings. The third-order valence-corrected chi connectivity index (χ3v) is 5.84. The van der Waals surface area contributed by atoms with Crippen molar-refractivity contribution in [3.05, 3.63) is 77.2 Å². The number of amides is 1. The Bertz CT molecular complexity index is 894. The number of sulfonamides is 1. The van der Waals surface area contributed by atoms with Gasteiger partial charge in [0.2, 0.25) is 15.9 Å². The highest BCUT2D eigenvalue weighted by atomic mass is 32.2. The molecular weight excluding hydrogens is 384 g/mol. The van der Waals surface area contributed by atoms with Crippen LogP contribution in [0.15, 0.2) is 66.1 Å². The van der Waals surface area contributed by atoms with E-state index in [4.69, 9.17) is 0 Å². The SMILES string of the molecule is CC[C@@H](CNC(=O)[C@@H](NS(=O)(=O)/C=C\c1ccccc1)C(C)C)c1ccccc1. The third kappa shape index (κ3) is 7.48. The standard InChI is InChI=1S/C23H30N2O3S/c1-4-20(21-13-9-6-10-14-21)17-24-23(26)22(18(2)3)25-29(27,28)16-15-19-11-7-5-8-12-19/h5-16,18,20,22,25H,4,17H2,1-3H3,(H,24,26)/b16-15-/t20-,22-/m0/s1. The molecule has 2 atom stereocenters. The average Bonchev–Trinajstić information content (AvgIpc) is 2.72. The van der Waals surface area contributed by atoms with Crippen LogP contribution in [0.2, 0.25) is 0 Å². The van der Waals surface area contributed by atoms with Crippen LogP contribution in [-0.4, -0.2) is 26.9 Å². The average molecular weight is 415 g/mol. The maximum atomic E-state index is 12.7. The molecule has 2 aromatic rings. The molecule has 0 saturated heterocycles. The number of carbonyl (C=O) groups is 1. The number of benzene rings is 2. The number of hydrogen-bond donors (Lipinski definition) is 2. The van der Waals surface area contributed by atoms with E-state index in [1.54, 1.807) is 0 Å². The van der Waals surface area contributed by atoms with Crippen molar-refractivity contribution >= 4 is 22.0 Å². The van der Waals surface area contributed by atoms with Gasteiger partial charge in [0.1, 0.15) is 6.04 Å². The first kappa shape index (κ1) is 22.8. The fourth-order valence-corrected chi connectivity index (χ4v) is 4.15. The molecule has 0 saturated carbocycles. The fourth-order valence-electron chi connectivity index (χ4n) is 3.00. The minimum absolute atomic E-state index is 0.183. The van der Waals surface area contributed by atoms with Gasteiger partial charge in [0.05, 0.1) is 0 Å². The van der Waals surface area contributed by atoms with Crippen LogP contribution >= 0.6 is 0 Å². The molecule has 0 fully saturated rings. The summed E-state index contributed by atoms with van der Waals surface area (Å²) >= 11 is 0. The number of carbonyl (C=O) groups excluding carboxylic acids is 1. The summed E-state index contributed by atoms with van der Waals surface area (Å²) in [6.07, 6.45) is 2.39. The highest BCUT2D eigenvalue weighted by molar-refractivity contribution is 7.92. The summed E-state index contributed by atoms with van der Waals surface area (Å²) in [6.45, 7) is 6.18. The van der Waals surface area contributed by atoms with Crippen LogP contribution in [0.25, 0.3) is 6.08 Å². The van der Waals surface area contributed by atoms with Crippen LogP contribution in [0.1, 0.15) is 44.2 Å². The highest BCUT2D eigenvalue weighted by Gasteiger charge is 2.26. The maximum Gasteiger partial charge on any atom is 0.238 e. The molecule has 5 nitrogen and oxygen atoms in total. The molecule has 2 N–H and O–H groups in total. The lowest BCUT2D eigenvalue weighted by molar-refractivity contribution is -0.123. The Morgan fingerprint density at radius 1 is 1.00 bits per heavy atom. The number of hydrogen-bond acceptors (Lipinski definition) is 3. The summed E-state index contributed by atoms with van der Waals surface area (Å²) in [5.41, 5.74) is 1.93. The molecule has 0 heterocycles. The molecule has 2 rings (SSSR count). The van der Waals surface area contributed by atoms with Crippen molar-refractivity contribution in [3.63, 3.8) is 0 Å². The van der Waals surface area contributed by atoms with Gasteiger partial charge in [0.25, 0.3) is 0 Å². The van der Waals surface area contributed by atoms with Crippen molar-refractivity contribution in [1.29, 1.82) is 0 Å². The Balaban J connectivity index is 2.02. The quantitative estimate of drug-likeness (QED) is 0.619. The number of rotatable bonds is 10. The van der Waals surface area contributed by atoms with Crippen molar-refractivity contribution in [1.82, 2.24) is 10.0 Å². The summed E-state index contributed by atoms with van der Waals surface area (Å²) in [7, 11) is -3.76. The minimum atomic E-state index is -3.76. The van der Waals surface area contributed by atoms with Gasteiger partial charge >= 0.3 is 0 Å². The van der Waals surface area contributed by atoms with Gasteiger partial charge in [-0.3, -0.25) is 4.79 Å². The van der Waals surface area contributed by atoms with E-state index in [-0.39, 0.29) is 17.7 Å². The molecule has 0 aliphatic heterocycles. The van der Waals surface area contributed by atoms with Crippen molar-refractivity contribution in [2.75, 3.05) is 6.54 Å². The van der Waals surface area contributed by atoms with Gasteiger partial charge < -0.3 is 5.32 Å². The van der Waals surface area contributed by atoms with Crippen molar-refractivity contribution < 1.29 is 13.2 Å². The molecule has 0 aliphatic carbocycles. The van der Waals surface area contributed by atoms with Gasteiger partial charge in [-0.1, -0.05) is 81.4 Å². The Labute approximate surface area is 174 Å². The molecule has 29 heavy (non-hydrogen) atoms. The molecule has 156 valence electrons. The Morgan fingerprint density at radius 3 is 2.14 bits per heavy atom. The molecule has 6 heteroatoms. The van der Waals surface area contributed by atoms with Gasteiger partial charge in [0.15, 0.2) is 0 Å². The number of nitrogens with one attached hydrogen (secondary N) is 2. The second kappa shape index (κ2) is 10.9. The highest BCUT2D eigenvalue weighted by Crippen LogP contribution is 2.18. The summed E-state index contributed by atoms with van der Waals surface area (Å²) in [6, 6.07) is 18.3. The van der Waals surface area contributed by atoms with E-state index in [1.165, 1.54) is 6.08 Å². The topological polar surface area (TPSA) is 75.3 Å². The van der Waals surface area contributed by atoms with Crippen LogP contribution in [0.5, 0.6) is 0 Å². The van der Waals surface area contributed by atoms with E-state index < -0.39 is 16.1 Å². The van der Waals surface area contributed by atoms with E-state index >= 15 is 0 Å². The second-order valence-corrected chi connectivity index (χ2v) is 8.96. The zero-order chi connectivity index (χ0) is 21.3. The molecule has 0 spiro atoms. The van der Waals surface area contributed by atoms with Gasteiger partial charge in [0, 0.05) is 17.9 Å². The van der Waals surface area contributed by atoms with E-state index in [9.17, 15) is 13.2 Å². The lowest BCUT2D eigenvalue weighted by atomic mass is 9.96. The van der Waals surface area contributed by atoms with Gasteiger partial charge in [-0.05, 0) is 29.5 Å². The summed E-state index contributed by atoms with van der Waals surface area (Å²) < 4.78 is 27.4. The first-order chi connectivity index (χ1) is 13.8. The smallest absolute Gasteiger partial charge is 0.238 e. The lowest BCUT2D eigenvalue weighted by Gasteiger charge is -2.23. The maximum absolute atomic E-state index is 12.7. The van der Waals surface area contributed by atoms with Gasteiger partial charge in [-0.15, -0.1) is 0 Å². The molecule has 0 aromatic heterocycles. The fraction of sp³-hybridized carbons (Fsp3) is 0.348. The Hall–Kier alpha value is -2.44. The predicted molar refractivity (Wildman–Crippen MR) is 119 cm³/mol. The molecule has 2 aromatic carbocycles. The van der Waals surface area contributed by atoms with Gasteiger partial charge in [-0.25, -0.2) is 8.42 Å². The third-order valence-electron chi connectivity index (χ3n) is 4.77. The first-order valence-corrected chi connectivity index (χ1v) is 11.4. The van der Waals surface area contributed by atoms with Crippen LogP contribution in [-0.2, 0) is 14.8 Å². The van der Waals surface area contributed by atoms with Gasteiger partial charge in [-0.2, -0.15) is 4.72 Å². The summed E-state index contributed by atoms with van der Waals surface area (Å²) in [5, 5.41) is 4.02.